The zero-order valence-corrected chi connectivity index (χ0v) is 12.4. The van der Waals surface area contributed by atoms with Crippen molar-refractivity contribution in [3.05, 3.63) is 29.3 Å². The van der Waals surface area contributed by atoms with Gasteiger partial charge in [-0.05, 0) is 31.2 Å². The Hall–Kier alpha value is -1.79. The molecule has 0 bridgehead atoms. The second-order valence-electron chi connectivity index (χ2n) is 5.09. The largest absolute Gasteiger partial charge is 0.392 e. The number of aliphatic hydroxyl groups excluding tert-OH is 1. The Balaban J connectivity index is 1.90. The fourth-order valence-electron chi connectivity index (χ4n) is 2.15. The topological polar surface area (TPSA) is 81.7 Å². The Kier molecular flexibility index (Phi) is 5.03. The van der Waals surface area contributed by atoms with Gasteiger partial charge in [0.1, 0.15) is 0 Å². The maximum atomic E-state index is 12.0. The van der Waals surface area contributed by atoms with E-state index >= 15 is 0 Å². The van der Waals surface area contributed by atoms with Gasteiger partial charge in [0.05, 0.1) is 12.1 Å². The van der Waals surface area contributed by atoms with Gasteiger partial charge in [-0.15, -0.1) is 0 Å². The monoisotopic (exact) mass is 311 g/mol. The van der Waals surface area contributed by atoms with Crippen LogP contribution < -0.4 is 15.5 Å². The van der Waals surface area contributed by atoms with Crippen LogP contribution in [0.15, 0.2) is 24.3 Å². The minimum atomic E-state index is -0.605. The molecule has 0 aliphatic carbocycles. The summed E-state index contributed by atoms with van der Waals surface area (Å²) in [6.07, 6.45) is -0.350. The summed E-state index contributed by atoms with van der Waals surface area (Å²) in [5.74, 6) is -0.0434. The lowest BCUT2D eigenvalue weighted by Crippen LogP contribution is -2.45. The second kappa shape index (κ2) is 6.78. The van der Waals surface area contributed by atoms with Gasteiger partial charge >= 0.3 is 6.03 Å². The summed E-state index contributed by atoms with van der Waals surface area (Å²) in [6.45, 7) is 2.18. The third kappa shape index (κ3) is 4.34. The predicted molar refractivity (Wildman–Crippen MR) is 80.4 cm³/mol. The highest BCUT2D eigenvalue weighted by Crippen LogP contribution is 2.23. The first-order chi connectivity index (χ1) is 9.95. The van der Waals surface area contributed by atoms with Crippen LogP contribution in [0.25, 0.3) is 0 Å². The minimum absolute atomic E-state index is 0.0434. The quantitative estimate of drug-likeness (QED) is 0.779. The second-order valence-corrected chi connectivity index (χ2v) is 5.52. The third-order valence-corrected chi connectivity index (χ3v) is 3.41. The molecule has 2 rings (SSSR count). The van der Waals surface area contributed by atoms with Crippen molar-refractivity contribution in [3.8, 4) is 0 Å². The van der Waals surface area contributed by atoms with Crippen molar-refractivity contribution in [1.29, 1.82) is 0 Å². The number of amides is 3. The Morgan fingerprint density at radius 3 is 2.76 bits per heavy atom. The van der Waals surface area contributed by atoms with Crippen LogP contribution in [-0.4, -0.2) is 42.3 Å². The van der Waals surface area contributed by atoms with Gasteiger partial charge in [-0.1, -0.05) is 11.6 Å². The van der Waals surface area contributed by atoms with Crippen LogP contribution in [-0.2, 0) is 4.79 Å². The lowest BCUT2D eigenvalue weighted by Gasteiger charge is -2.17. The van der Waals surface area contributed by atoms with E-state index in [1.165, 1.54) is 0 Å². The van der Waals surface area contributed by atoms with Gasteiger partial charge in [-0.25, -0.2) is 4.79 Å². The molecule has 3 N–H and O–H groups in total. The molecule has 1 saturated heterocycles. The van der Waals surface area contributed by atoms with Crippen LogP contribution in [0.1, 0.15) is 13.3 Å². The van der Waals surface area contributed by atoms with E-state index in [1.54, 1.807) is 36.1 Å². The first kappa shape index (κ1) is 15.6. The number of hydrogen-bond acceptors (Lipinski definition) is 3. The average molecular weight is 312 g/mol. The molecule has 0 radical (unpaired) electrons. The Labute approximate surface area is 128 Å². The SMILES string of the molecule is C[C@H](O)CNC(=O)N[C@H]1CC(=O)N(c2ccc(Cl)cc2)C1. The summed E-state index contributed by atoms with van der Waals surface area (Å²) in [7, 11) is 0. The molecule has 0 unspecified atom stereocenters. The van der Waals surface area contributed by atoms with Crippen molar-refractivity contribution < 1.29 is 14.7 Å². The van der Waals surface area contributed by atoms with Crippen LogP contribution in [0, 0.1) is 0 Å². The first-order valence-electron chi connectivity index (χ1n) is 6.74. The van der Waals surface area contributed by atoms with Crippen molar-refractivity contribution in [2.75, 3.05) is 18.0 Å². The van der Waals surface area contributed by atoms with Crippen LogP contribution in [0.5, 0.6) is 0 Å². The highest BCUT2D eigenvalue weighted by Gasteiger charge is 2.31. The minimum Gasteiger partial charge on any atom is -0.392 e. The number of rotatable bonds is 4. The number of nitrogens with zero attached hydrogens (tertiary/aromatic N) is 1. The molecule has 1 aliphatic heterocycles. The van der Waals surface area contributed by atoms with Crippen molar-refractivity contribution >= 4 is 29.2 Å². The van der Waals surface area contributed by atoms with Gasteiger partial charge < -0.3 is 20.6 Å². The molecule has 1 heterocycles. The predicted octanol–water partition coefficient (Wildman–Crippen LogP) is 1.13. The van der Waals surface area contributed by atoms with E-state index < -0.39 is 6.10 Å². The fourth-order valence-corrected chi connectivity index (χ4v) is 2.28. The van der Waals surface area contributed by atoms with E-state index in [2.05, 4.69) is 10.6 Å². The number of carbonyl (C=O) groups is 2. The number of hydrogen-bond donors (Lipinski definition) is 3. The summed E-state index contributed by atoms with van der Waals surface area (Å²) in [5, 5.41) is 15.0. The number of benzene rings is 1. The molecule has 6 nitrogen and oxygen atoms in total. The lowest BCUT2D eigenvalue weighted by molar-refractivity contribution is -0.117. The van der Waals surface area contributed by atoms with Crippen molar-refractivity contribution in [3.63, 3.8) is 0 Å². The maximum absolute atomic E-state index is 12.0. The van der Waals surface area contributed by atoms with Gasteiger partial charge in [0, 0.05) is 30.2 Å². The summed E-state index contributed by atoms with van der Waals surface area (Å²) < 4.78 is 0. The number of aliphatic hydroxyl groups is 1. The summed E-state index contributed by atoms with van der Waals surface area (Å²) in [6, 6.07) is 6.36. The van der Waals surface area contributed by atoms with Crippen molar-refractivity contribution in [2.24, 2.45) is 0 Å². The van der Waals surface area contributed by atoms with E-state index in [4.69, 9.17) is 16.7 Å². The number of halogens is 1. The van der Waals surface area contributed by atoms with Gasteiger partial charge in [0.2, 0.25) is 5.91 Å². The molecule has 0 saturated carbocycles. The molecule has 3 amide bonds. The van der Waals surface area contributed by atoms with E-state index in [9.17, 15) is 9.59 Å². The zero-order valence-electron chi connectivity index (χ0n) is 11.7. The number of anilines is 1. The number of nitrogens with one attached hydrogen (secondary N) is 2. The molecule has 2 atom stereocenters. The Morgan fingerprint density at radius 2 is 2.14 bits per heavy atom. The molecule has 0 aromatic heterocycles. The molecule has 1 aromatic carbocycles. The molecule has 114 valence electrons. The summed E-state index contributed by atoms with van der Waals surface area (Å²) >= 11 is 5.82. The zero-order chi connectivity index (χ0) is 15.4. The van der Waals surface area contributed by atoms with E-state index in [-0.39, 0.29) is 30.9 Å². The standard InChI is InChI=1S/C14H18ClN3O3/c1-9(19)7-16-14(21)17-11-6-13(20)18(8-11)12-4-2-10(15)3-5-12/h2-5,9,11,19H,6-8H2,1H3,(H2,16,17,21)/t9-,11-/m0/s1. The normalized spacial score (nSPS) is 19.5. The number of carbonyl (C=O) groups excluding carboxylic acids is 2. The van der Waals surface area contributed by atoms with Crippen LogP contribution >= 0.6 is 11.6 Å². The Morgan fingerprint density at radius 1 is 1.48 bits per heavy atom. The van der Waals surface area contributed by atoms with Crippen molar-refractivity contribution in [2.45, 2.75) is 25.5 Å². The van der Waals surface area contributed by atoms with Gasteiger partial charge in [-0.3, -0.25) is 4.79 Å². The molecule has 7 heteroatoms. The maximum Gasteiger partial charge on any atom is 0.315 e. The number of urea groups is 1. The van der Waals surface area contributed by atoms with E-state index in [0.29, 0.717) is 11.6 Å². The third-order valence-electron chi connectivity index (χ3n) is 3.16. The average Bonchev–Trinajstić information content (AvgIpc) is 2.78. The summed E-state index contributed by atoms with van der Waals surface area (Å²) in [5.41, 5.74) is 0.762. The summed E-state index contributed by atoms with van der Waals surface area (Å²) in [4.78, 5) is 25.2. The lowest BCUT2D eigenvalue weighted by atomic mass is 10.2. The van der Waals surface area contributed by atoms with E-state index in [1.807, 2.05) is 0 Å². The van der Waals surface area contributed by atoms with E-state index in [0.717, 1.165) is 5.69 Å². The smallest absolute Gasteiger partial charge is 0.315 e. The molecule has 1 aliphatic rings. The highest BCUT2D eigenvalue weighted by atomic mass is 35.5. The van der Waals surface area contributed by atoms with Crippen LogP contribution in [0.4, 0.5) is 10.5 Å². The van der Waals surface area contributed by atoms with Crippen molar-refractivity contribution in [1.82, 2.24) is 10.6 Å². The van der Waals surface area contributed by atoms with Crippen LogP contribution in [0.2, 0.25) is 5.02 Å². The molecule has 1 fully saturated rings. The van der Waals surface area contributed by atoms with Gasteiger partial charge in [0.25, 0.3) is 0 Å². The molecular weight excluding hydrogens is 294 g/mol. The van der Waals surface area contributed by atoms with Gasteiger partial charge in [-0.2, -0.15) is 0 Å². The highest BCUT2D eigenvalue weighted by molar-refractivity contribution is 6.30. The molecular formula is C14H18ClN3O3. The molecule has 21 heavy (non-hydrogen) atoms. The Bertz CT molecular complexity index is 519. The van der Waals surface area contributed by atoms with Crippen LogP contribution in [0.3, 0.4) is 0 Å². The molecule has 1 aromatic rings. The van der Waals surface area contributed by atoms with Gasteiger partial charge in [0.15, 0.2) is 0 Å². The fraction of sp³-hybridized carbons (Fsp3) is 0.429. The first-order valence-corrected chi connectivity index (χ1v) is 7.12. The molecule has 0 spiro atoms.